The molecule has 0 saturated heterocycles. The van der Waals surface area contributed by atoms with Gasteiger partial charge < -0.3 is 15.2 Å². The van der Waals surface area contributed by atoms with Crippen molar-refractivity contribution in [1.29, 1.82) is 0 Å². The third-order valence-corrected chi connectivity index (χ3v) is 4.87. The van der Waals surface area contributed by atoms with E-state index in [9.17, 15) is 9.18 Å². The molecule has 0 fully saturated rings. The average Bonchev–Trinajstić information content (AvgIpc) is 3.39. The van der Waals surface area contributed by atoms with Crippen LogP contribution in [0.25, 0.3) is 11.1 Å². The number of aryl methyl sites for hydroxylation is 1. The monoisotopic (exact) mass is 449 g/mol. The number of carbonyl (C=O) groups excluding carboxylic acids is 1. The summed E-state index contributed by atoms with van der Waals surface area (Å²) in [5.74, 6) is 0.486. The van der Waals surface area contributed by atoms with E-state index in [2.05, 4.69) is 30.9 Å². The lowest BCUT2D eigenvalue weighted by Gasteiger charge is -2.12. The summed E-state index contributed by atoms with van der Waals surface area (Å²) in [6, 6.07) is 6.34. The Balaban J connectivity index is 1.40. The molecule has 170 valence electrons. The predicted molar refractivity (Wildman–Crippen MR) is 121 cm³/mol. The summed E-state index contributed by atoms with van der Waals surface area (Å²) in [5, 5.41) is 13.6. The number of benzene rings is 1. The Kier molecular flexibility index (Phi) is 5.91. The van der Waals surface area contributed by atoms with Crippen molar-refractivity contribution in [3.8, 4) is 11.1 Å². The Morgan fingerprint density at radius 2 is 1.88 bits per heavy atom. The summed E-state index contributed by atoms with van der Waals surface area (Å²) < 4.78 is 21.6. The van der Waals surface area contributed by atoms with Gasteiger partial charge in [0.25, 0.3) is 0 Å². The summed E-state index contributed by atoms with van der Waals surface area (Å²) >= 11 is 0. The van der Waals surface area contributed by atoms with E-state index in [-0.39, 0.29) is 23.3 Å². The van der Waals surface area contributed by atoms with Crippen LogP contribution in [0.3, 0.4) is 0 Å². The SMILES string of the molecule is Cn1cc(Nc2ncc(-c3ccc(CC(=O)Nc4cc(C(C)(C)C)on4)c(F)c3)cn2)cn1. The van der Waals surface area contributed by atoms with Crippen molar-refractivity contribution in [2.45, 2.75) is 32.6 Å². The molecule has 0 unspecified atom stereocenters. The zero-order chi connectivity index (χ0) is 23.6. The molecule has 1 amide bonds. The molecule has 0 saturated carbocycles. The fourth-order valence-corrected chi connectivity index (χ4v) is 3.07. The van der Waals surface area contributed by atoms with Crippen LogP contribution in [0, 0.1) is 5.82 Å². The second-order valence-electron chi connectivity index (χ2n) is 8.68. The third-order valence-electron chi connectivity index (χ3n) is 4.87. The van der Waals surface area contributed by atoms with Crippen molar-refractivity contribution in [2.24, 2.45) is 7.05 Å². The van der Waals surface area contributed by atoms with E-state index in [1.54, 1.807) is 47.7 Å². The second-order valence-corrected chi connectivity index (χ2v) is 8.68. The minimum atomic E-state index is -0.490. The number of anilines is 3. The number of nitrogens with zero attached hydrogens (tertiary/aromatic N) is 5. The van der Waals surface area contributed by atoms with Crippen molar-refractivity contribution in [1.82, 2.24) is 24.9 Å². The molecular weight excluding hydrogens is 425 g/mol. The molecule has 4 rings (SSSR count). The van der Waals surface area contributed by atoms with Crippen molar-refractivity contribution in [3.63, 3.8) is 0 Å². The van der Waals surface area contributed by atoms with Gasteiger partial charge in [0, 0.05) is 42.7 Å². The Morgan fingerprint density at radius 1 is 1.12 bits per heavy atom. The van der Waals surface area contributed by atoms with Gasteiger partial charge in [0.15, 0.2) is 5.82 Å². The zero-order valence-electron chi connectivity index (χ0n) is 18.8. The van der Waals surface area contributed by atoms with Crippen LogP contribution in [-0.2, 0) is 23.7 Å². The van der Waals surface area contributed by atoms with Gasteiger partial charge in [0.05, 0.1) is 18.3 Å². The van der Waals surface area contributed by atoms with Crippen LogP contribution in [0.5, 0.6) is 0 Å². The molecule has 0 radical (unpaired) electrons. The number of amides is 1. The van der Waals surface area contributed by atoms with Crippen molar-refractivity contribution < 1.29 is 13.7 Å². The quantitative estimate of drug-likeness (QED) is 0.453. The molecular formula is C23H24FN7O2. The highest BCUT2D eigenvalue weighted by atomic mass is 19.1. The molecule has 3 heterocycles. The van der Waals surface area contributed by atoms with Crippen LogP contribution in [0.4, 0.5) is 21.8 Å². The first-order chi connectivity index (χ1) is 15.7. The van der Waals surface area contributed by atoms with Crippen LogP contribution in [0.1, 0.15) is 32.1 Å². The molecule has 0 bridgehead atoms. The minimum Gasteiger partial charge on any atom is -0.359 e. The Morgan fingerprint density at radius 3 is 2.48 bits per heavy atom. The van der Waals surface area contributed by atoms with Gasteiger partial charge in [-0.3, -0.25) is 9.48 Å². The van der Waals surface area contributed by atoms with Crippen molar-refractivity contribution in [3.05, 3.63) is 66.2 Å². The molecule has 0 atom stereocenters. The lowest BCUT2D eigenvalue weighted by atomic mass is 9.93. The molecule has 1 aromatic carbocycles. The zero-order valence-corrected chi connectivity index (χ0v) is 18.8. The molecule has 3 aromatic heterocycles. The standard InChI is InChI=1S/C23H24FN7O2/c1-23(2,3)19-9-20(30-33-19)29-21(32)8-15-6-5-14(7-18(15)24)16-10-25-22(26-11-16)28-17-12-27-31(4)13-17/h5-7,9-13H,8H2,1-4H3,(H,25,26,28)(H,29,30,32). The summed E-state index contributed by atoms with van der Waals surface area (Å²) in [6.45, 7) is 5.93. The van der Waals surface area contributed by atoms with Gasteiger partial charge in [0.1, 0.15) is 11.6 Å². The molecule has 9 nitrogen and oxygen atoms in total. The van der Waals surface area contributed by atoms with Gasteiger partial charge in [-0.1, -0.05) is 38.1 Å². The molecule has 10 heteroatoms. The van der Waals surface area contributed by atoms with Crippen LogP contribution < -0.4 is 10.6 Å². The molecule has 0 aliphatic rings. The highest BCUT2D eigenvalue weighted by Crippen LogP contribution is 2.25. The highest BCUT2D eigenvalue weighted by Gasteiger charge is 2.20. The maximum atomic E-state index is 14.7. The molecule has 0 aliphatic heterocycles. The predicted octanol–water partition coefficient (Wildman–Crippen LogP) is 4.23. The topological polar surface area (TPSA) is 111 Å². The number of rotatable bonds is 6. The fourth-order valence-electron chi connectivity index (χ4n) is 3.07. The van der Waals surface area contributed by atoms with Gasteiger partial charge in [-0.05, 0) is 17.2 Å². The maximum Gasteiger partial charge on any atom is 0.230 e. The molecule has 2 N–H and O–H groups in total. The molecule has 0 aliphatic carbocycles. The normalized spacial score (nSPS) is 11.4. The van der Waals surface area contributed by atoms with Crippen LogP contribution in [-0.4, -0.2) is 30.8 Å². The van der Waals surface area contributed by atoms with E-state index >= 15 is 0 Å². The smallest absolute Gasteiger partial charge is 0.230 e. The van der Waals surface area contributed by atoms with Crippen molar-refractivity contribution in [2.75, 3.05) is 10.6 Å². The third kappa shape index (κ3) is 5.40. The summed E-state index contributed by atoms with van der Waals surface area (Å²) in [5.41, 5.74) is 2.06. The van der Waals surface area contributed by atoms with E-state index in [1.807, 2.05) is 27.8 Å². The number of nitrogens with one attached hydrogen (secondary N) is 2. The number of carbonyl (C=O) groups is 1. The first-order valence-corrected chi connectivity index (χ1v) is 10.3. The minimum absolute atomic E-state index is 0.131. The second kappa shape index (κ2) is 8.81. The largest absolute Gasteiger partial charge is 0.359 e. The van der Waals surface area contributed by atoms with E-state index in [1.165, 1.54) is 6.07 Å². The first kappa shape index (κ1) is 22.1. The highest BCUT2D eigenvalue weighted by molar-refractivity contribution is 5.91. The van der Waals surface area contributed by atoms with Crippen LogP contribution >= 0.6 is 0 Å². The molecule has 0 spiro atoms. The van der Waals surface area contributed by atoms with Gasteiger partial charge in [0.2, 0.25) is 11.9 Å². The van der Waals surface area contributed by atoms with E-state index in [4.69, 9.17) is 4.52 Å². The van der Waals surface area contributed by atoms with Crippen LogP contribution in [0.2, 0.25) is 0 Å². The van der Waals surface area contributed by atoms with Crippen molar-refractivity contribution >= 4 is 23.4 Å². The van der Waals surface area contributed by atoms with E-state index in [0.29, 0.717) is 28.7 Å². The lowest BCUT2D eigenvalue weighted by molar-refractivity contribution is -0.115. The average molecular weight is 449 g/mol. The van der Waals surface area contributed by atoms with E-state index < -0.39 is 5.82 Å². The van der Waals surface area contributed by atoms with Crippen LogP contribution in [0.15, 0.2) is 53.6 Å². The summed E-state index contributed by atoms with van der Waals surface area (Å²) in [6.07, 6.45) is 6.53. The summed E-state index contributed by atoms with van der Waals surface area (Å²) in [7, 11) is 1.81. The first-order valence-electron chi connectivity index (χ1n) is 10.3. The maximum absolute atomic E-state index is 14.7. The van der Waals surface area contributed by atoms with Gasteiger partial charge in [-0.25, -0.2) is 14.4 Å². The molecule has 33 heavy (non-hydrogen) atoms. The van der Waals surface area contributed by atoms with Gasteiger partial charge >= 0.3 is 0 Å². The Labute approximate surface area is 190 Å². The molecule has 4 aromatic rings. The number of aromatic nitrogens is 5. The number of hydrogen-bond donors (Lipinski definition) is 2. The fraction of sp³-hybridized carbons (Fsp3) is 0.261. The Bertz CT molecular complexity index is 1270. The van der Waals surface area contributed by atoms with Gasteiger partial charge in [-0.15, -0.1) is 0 Å². The van der Waals surface area contributed by atoms with E-state index in [0.717, 1.165) is 5.69 Å². The Hall–Kier alpha value is -4.08. The van der Waals surface area contributed by atoms with Gasteiger partial charge in [-0.2, -0.15) is 5.10 Å². The lowest BCUT2D eigenvalue weighted by Crippen LogP contribution is -2.15. The summed E-state index contributed by atoms with van der Waals surface area (Å²) in [4.78, 5) is 20.9. The number of halogens is 1. The number of hydrogen-bond acceptors (Lipinski definition) is 7.